The summed E-state index contributed by atoms with van der Waals surface area (Å²) in [6.45, 7) is 6.01. The molecular weight excluding hydrogens is 444 g/mol. The van der Waals surface area contributed by atoms with Gasteiger partial charge in [-0.3, -0.25) is 9.69 Å². The summed E-state index contributed by atoms with van der Waals surface area (Å²) in [7, 11) is 0. The summed E-state index contributed by atoms with van der Waals surface area (Å²) in [5, 5.41) is 4.72. The monoisotopic (exact) mass is 470 g/mol. The Kier molecular flexibility index (Phi) is 5.50. The van der Waals surface area contributed by atoms with E-state index in [4.69, 9.17) is 19.0 Å². The van der Waals surface area contributed by atoms with Gasteiger partial charge in [0.1, 0.15) is 11.4 Å². The Hall–Kier alpha value is -4.04. The first-order valence-electron chi connectivity index (χ1n) is 11.8. The molecule has 8 nitrogen and oxygen atoms in total. The number of carbonyl (C=O) groups is 1. The topological polar surface area (TPSA) is 73.0 Å². The number of rotatable bonds is 5. The highest BCUT2D eigenvalue weighted by Crippen LogP contribution is 2.33. The Morgan fingerprint density at radius 1 is 0.943 bits per heavy atom. The van der Waals surface area contributed by atoms with Crippen LogP contribution in [0.1, 0.15) is 21.6 Å². The molecule has 0 saturated carbocycles. The van der Waals surface area contributed by atoms with Crippen molar-refractivity contribution < 1.29 is 18.7 Å². The molecule has 4 aromatic rings. The molecule has 0 aliphatic carbocycles. The van der Waals surface area contributed by atoms with Gasteiger partial charge in [0.05, 0.1) is 12.0 Å². The van der Waals surface area contributed by atoms with Gasteiger partial charge in [0.2, 0.25) is 6.79 Å². The molecule has 2 aromatic carbocycles. The van der Waals surface area contributed by atoms with Crippen LogP contribution >= 0.6 is 0 Å². The van der Waals surface area contributed by atoms with Crippen molar-refractivity contribution in [3.8, 4) is 28.6 Å². The second-order valence-corrected chi connectivity index (χ2v) is 8.90. The summed E-state index contributed by atoms with van der Waals surface area (Å²) in [4.78, 5) is 17.9. The molecule has 2 aromatic heterocycles. The van der Waals surface area contributed by atoms with E-state index >= 15 is 0 Å². The molecule has 1 amide bonds. The highest BCUT2D eigenvalue weighted by Gasteiger charge is 2.27. The Morgan fingerprint density at radius 3 is 2.60 bits per heavy atom. The maximum Gasteiger partial charge on any atom is 0.272 e. The summed E-state index contributed by atoms with van der Waals surface area (Å²) >= 11 is 0. The SMILES string of the molecule is Cc1cccc(-n2nc(-c3ccco3)cc2C(=O)N2CCN(Cc3ccc4c(c3)OCO4)CC2)c1. The number of benzene rings is 2. The predicted molar refractivity (Wildman–Crippen MR) is 130 cm³/mol. The minimum atomic E-state index is -0.0282. The van der Waals surface area contributed by atoms with Crippen LogP contribution in [0, 0.1) is 6.92 Å². The molecule has 6 rings (SSSR count). The normalized spacial score (nSPS) is 15.5. The molecule has 0 radical (unpaired) electrons. The molecule has 4 heterocycles. The van der Waals surface area contributed by atoms with E-state index in [1.54, 1.807) is 10.9 Å². The number of furan rings is 1. The fourth-order valence-electron chi connectivity index (χ4n) is 4.60. The van der Waals surface area contributed by atoms with E-state index in [0.717, 1.165) is 42.4 Å². The molecule has 0 spiro atoms. The number of nitrogens with zero attached hydrogens (tertiary/aromatic N) is 4. The molecule has 178 valence electrons. The highest BCUT2D eigenvalue weighted by atomic mass is 16.7. The average Bonchev–Trinajstić information content (AvgIpc) is 3.64. The van der Waals surface area contributed by atoms with Crippen molar-refractivity contribution in [2.24, 2.45) is 0 Å². The smallest absolute Gasteiger partial charge is 0.272 e. The molecule has 2 aliphatic rings. The lowest BCUT2D eigenvalue weighted by Crippen LogP contribution is -2.48. The van der Waals surface area contributed by atoms with E-state index in [1.165, 1.54) is 5.56 Å². The molecule has 0 N–H and O–H groups in total. The Labute approximate surface area is 203 Å². The molecule has 1 fully saturated rings. The summed E-state index contributed by atoms with van der Waals surface area (Å²) in [5.41, 5.74) is 4.31. The predicted octanol–water partition coefficient (Wildman–Crippen LogP) is 4.13. The van der Waals surface area contributed by atoms with Crippen molar-refractivity contribution in [1.82, 2.24) is 19.6 Å². The number of hydrogen-bond donors (Lipinski definition) is 0. The zero-order valence-electron chi connectivity index (χ0n) is 19.5. The van der Waals surface area contributed by atoms with E-state index < -0.39 is 0 Å². The fourth-order valence-corrected chi connectivity index (χ4v) is 4.60. The number of hydrogen-bond acceptors (Lipinski definition) is 6. The lowest BCUT2D eigenvalue weighted by molar-refractivity contribution is 0.0619. The second-order valence-electron chi connectivity index (χ2n) is 8.90. The Bertz CT molecular complexity index is 1350. The zero-order chi connectivity index (χ0) is 23.8. The first kappa shape index (κ1) is 21.5. The summed E-state index contributed by atoms with van der Waals surface area (Å²) in [6.07, 6.45) is 1.61. The van der Waals surface area contributed by atoms with E-state index in [2.05, 4.69) is 11.0 Å². The number of aromatic nitrogens is 2. The maximum atomic E-state index is 13.6. The van der Waals surface area contributed by atoms with Crippen LogP contribution in [0.4, 0.5) is 0 Å². The Balaban J connectivity index is 1.19. The maximum absolute atomic E-state index is 13.6. The lowest BCUT2D eigenvalue weighted by Gasteiger charge is -2.34. The van der Waals surface area contributed by atoms with Gasteiger partial charge in [-0.1, -0.05) is 18.2 Å². The van der Waals surface area contributed by atoms with Crippen LogP contribution in [0.2, 0.25) is 0 Å². The second kappa shape index (κ2) is 8.96. The quantitative estimate of drug-likeness (QED) is 0.437. The van der Waals surface area contributed by atoms with Gasteiger partial charge in [0.25, 0.3) is 5.91 Å². The van der Waals surface area contributed by atoms with Crippen LogP contribution in [0.5, 0.6) is 11.5 Å². The fraction of sp³-hybridized carbons (Fsp3) is 0.259. The van der Waals surface area contributed by atoms with Crippen LogP contribution in [0.15, 0.2) is 71.3 Å². The van der Waals surface area contributed by atoms with Gasteiger partial charge >= 0.3 is 0 Å². The molecule has 0 unspecified atom stereocenters. The zero-order valence-corrected chi connectivity index (χ0v) is 19.5. The number of piperazine rings is 1. The van der Waals surface area contributed by atoms with Gasteiger partial charge < -0.3 is 18.8 Å². The highest BCUT2D eigenvalue weighted by molar-refractivity contribution is 5.94. The van der Waals surface area contributed by atoms with Gasteiger partial charge in [-0.2, -0.15) is 5.10 Å². The van der Waals surface area contributed by atoms with Crippen LogP contribution in [-0.4, -0.2) is 58.5 Å². The molecule has 35 heavy (non-hydrogen) atoms. The van der Waals surface area contributed by atoms with E-state index in [1.807, 2.05) is 66.4 Å². The third-order valence-electron chi connectivity index (χ3n) is 6.45. The van der Waals surface area contributed by atoms with Crippen LogP contribution < -0.4 is 9.47 Å². The van der Waals surface area contributed by atoms with E-state index in [9.17, 15) is 4.79 Å². The first-order valence-corrected chi connectivity index (χ1v) is 11.8. The number of amides is 1. The number of carbonyl (C=O) groups excluding carboxylic acids is 1. The van der Waals surface area contributed by atoms with Crippen molar-refractivity contribution in [3.05, 3.63) is 83.7 Å². The molecule has 8 heteroatoms. The molecule has 0 atom stereocenters. The molecule has 0 bridgehead atoms. The van der Waals surface area contributed by atoms with E-state index in [-0.39, 0.29) is 12.7 Å². The number of aryl methyl sites for hydroxylation is 1. The van der Waals surface area contributed by atoms with Crippen molar-refractivity contribution in [3.63, 3.8) is 0 Å². The summed E-state index contributed by atoms with van der Waals surface area (Å²) in [6, 6.07) is 19.6. The Morgan fingerprint density at radius 2 is 1.80 bits per heavy atom. The number of fused-ring (bicyclic) bond motifs is 1. The number of ether oxygens (including phenoxy) is 2. The van der Waals surface area contributed by atoms with Gasteiger partial charge in [0.15, 0.2) is 17.3 Å². The largest absolute Gasteiger partial charge is 0.463 e. The summed E-state index contributed by atoms with van der Waals surface area (Å²) in [5.74, 6) is 2.20. The molecular formula is C27H26N4O4. The van der Waals surface area contributed by atoms with Crippen LogP contribution in [-0.2, 0) is 6.54 Å². The first-order chi connectivity index (χ1) is 17.1. The third kappa shape index (κ3) is 4.28. The van der Waals surface area contributed by atoms with Crippen molar-refractivity contribution in [2.45, 2.75) is 13.5 Å². The molecule has 1 saturated heterocycles. The van der Waals surface area contributed by atoms with Crippen LogP contribution in [0.3, 0.4) is 0 Å². The van der Waals surface area contributed by atoms with Gasteiger partial charge in [-0.05, 0) is 54.4 Å². The van der Waals surface area contributed by atoms with Gasteiger partial charge in [0, 0.05) is 38.8 Å². The van der Waals surface area contributed by atoms with Crippen LogP contribution in [0.25, 0.3) is 17.1 Å². The van der Waals surface area contributed by atoms with E-state index in [0.29, 0.717) is 30.2 Å². The van der Waals surface area contributed by atoms with Crippen molar-refractivity contribution in [2.75, 3.05) is 33.0 Å². The van der Waals surface area contributed by atoms with Gasteiger partial charge in [-0.15, -0.1) is 0 Å². The van der Waals surface area contributed by atoms with Crippen molar-refractivity contribution in [1.29, 1.82) is 0 Å². The van der Waals surface area contributed by atoms with Gasteiger partial charge in [-0.25, -0.2) is 4.68 Å². The minimum Gasteiger partial charge on any atom is -0.463 e. The minimum absolute atomic E-state index is 0.0282. The average molecular weight is 471 g/mol. The van der Waals surface area contributed by atoms with Crippen molar-refractivity contribution >= 4 is 5.91 Å². The lowest BCUT2D eigenvalue weighted by atomic mass is 10.1. The third-order valence-corrected chi connectivity index (χ3v) is 6.45. The summed E-state index contributed by atoms with van der Waals surface area (Å²) < 4.78 is 18.2. The molecule has 2 aliphatic heterocycles. The standard InChI is InChI=1S/C27H26N4O4/c1-19-4-2-5-21(14-19)31-23(16-22(28-31)24-6-3-13-33-24)27(32)30-11-9-29(10-12-30)17-20-7-8-25-26(15-20)35-18-34-25/h2-8,13-16H,9-12,17-18H2,1H3.